The monoisotopic (exact) mass is 271 g/mol. The van der Waals surface area contributed by atoms with Crippen molar-refractivity contribution in [2.75, 3.05) is 0 Å². The summed E-state index contributed by atoms with van der Waals surface area (Å²) in [7, 11) is 0. The van der Waals surface area contributed by atoms with Gasteiger partial charge in [-0.3, -0.25) is 9.36 Å². The van der Waals surface area contributed by atoms with Gasteiger partial charge < -0.3 is 0 Å². The van der Waals surface area contributed by atoms with E-state index in [1.165, 1.54) is 11.3 Å². The lowest BCUT2D eigenvalue weighted by Crippen LogP contribution is -2.15. The van der Waals surface area contributed by atoms with Crippen LogP contribution in [0.15, 0.2) is 52.8 Å². The zero-order chi connectivity index (χ0) is 13.2. The van der Waals surface area contributed by atoms with Crippen molar-refractivity contribution in [1.29, 1.82) is 0 Å². The minimum atomic E-state index is 0.0618. The summed E-state index contributed by atoms with van der Waals surface area (Å²) in [6.07, 6.45) is 1.91. The van der Waals surface area contributed by atoms with E-state index in [4.69, 9.17) is 0 Å². The van der Waals surface area contributed by atoms with Crippen LogP contribution in [-0.2, 0) is 6.54 Å². The van der Waals surface area contributed by atoms with E-state index in [2.05, 4.69) is 5.10 Å². The molecule has 2 heterocycles. The number of hydrogen-bond donors (Lipinski definition) is 0. The molecule has 0 saturated carbocycles. The largest absolute Gasteiger partial charge is 0.307 e. The first kappa shape index (κ1) is 11.9. The Morgan fingerprint density at radius 3 is 2.68 bits per heavy atom. The number of thiazole rings is 1. The van der Waals surface area contributed by atoms with Gasteiger partial charge in [0.1, 0.15) is 0 Å². The molecule has 4 nitrogen and oxygen atoms in total. The number of hydrogen-bond acceptors (Lipinski definition) is 3. The maximum Gasteiger partial charge on any atom is 0.307 e. The quantitative estimate of drug-likeness (QED) is 0.734. The highest BCUT2D eigenvalue weighted by atomic mass is 32.1. The molecular weight excluding hydrogens is 258 g/mol. The summed E-state index contributed by atoms with van der Waals surface area (Å²) < 4.78 is 3.56. The number of rotatable bonds is 3. The molecule has 5 heteroatoms. The molecule has 0 N–H and O–H groups in total. The number of aryl methyl sites for hydroxylation is 1. The molecule has 1 aromatic carbocycles. The Hall–Kier alpha value is -2.14. The predicted octanol–water partition coefficient (Wildman–Crippen LogP) is 2.45. The van der Waals surface area contributed by atoms with Crippen LogP contribution in [0.2, 0.25) is 0 Å². The second kappa shape index (κ2) is 4.85. The minimum Gasteiger partial charge on any atom is -0.297 e. The van der Waals surface area contributed by atoms with Crippen molar-refractivity contribution in [3.8, 4) is 5.69 Å². The van der Waals surface area contributed by atoms with Crippen molar-refractivity contribution in [2.24, 2.45) is 0 Å². The van der Waals surface area contributed by atoms with Gasteiger partial charge in [0.05, 0.1) is 17.9 Å². The van der Waals surface area contributed by atoms with Crippen molar-refractivity contribution in [1.82, 2.24) is 14.3 Å². The summed E-state index contributed by atoms with van der Waals surface area (Å²) in [5, 5.41) is 6.37. The Labute approximate surface area is 114 Å². The van der Waals surface area contributed by atoms with Gasteiger partial charge in [-0.05, 0) is 25.1 Å². The highest BCUT2D eigenvalue weighted by Gasteiger charge is 2.06. The molecule has 0 unspecified atom stereocenters. The zero-order valence-electron chi connectivity index (χ0n) is 10.5. The Morgan fingerprint density at radius 2 is 2.00 bits per heavy atom. The van der Waals surface area contributed by atoms with E-state index < -0.39 is 0 Å². The summed E-state index contributed by atoms with van der Waals surface area (Å²) in [6, 6.07) is 11.9. The summed E-state index contributed by atoms with van der Waals surface area (Å²) >= 11 is 1.23. The number of benzene rings is 1. The number of aromatic nitrogens is 3. The zero-order valence-corrected chi connectivity index (χ0v) is 11.3. The minimum absolute atomic E-state index is 0.0618. The summed E-state index contributed by atoms with van der Waals surface area (Å²) in [5.74, 6) is 0. The average molecular weight is 271 g/mol. The van der Waals surface area contributed by atoms with Crippen LogP contribution < -0.4 is 4.87 Å². The molecule has 0 spiro atoms. The standard InChI is InChI=1S/C14H13N3OS/c1-11-10-19-14(18)16(11)9-12-7-8-17(15-12)13-5-3-2-4-6-13/h2-8,10H,9H2,1H3. The van der Waals surface area contributed by atoms with Crippen LogP contribution in [-0.4, -0.2) is 14.3 Å². The lowest BCUT2D eigenvalue weighted by Gasteiger charge is -2.02. The predicted molar refractivity (Wildman–Crippen MR) is 76.0 cm³/mol. The van der Waals surface area contributed by atoms with Crippen LogP contribution in [0.3, 0.4) is 0 Å². The molecule has 0 aliphatic rings. The maximum atomic E-state index is 11.7. The van der Waals surface area contributed by atoms with Gasteiger partial charge in [-0.15, -0.1) is 0 Å². The second-order valence-corrected chi connectivity index (χ2v) is 5.14. The van der Waals surface area contributed by atoms with Crippen molar-refractivity contribution >= 4 is 11.3 Å². The Balaban J connectivity index is 1.89. The highest BCUT2D eigenvalue weighted by molar-refractivity contribution is 7.07. The molecule has 0 atom stereocenters. The van der Waals surface area contributed by atoms with Gasteiger partial charge in [-0.2, -0.15) is 5.10 Å². The molecule has 3 rings (SSSR count). The van der Waals surface area contributed by atoms with Crippen molar-refractivity contribution in [3.05, 3.63) is 69.0 Å². The van der Waals surface area contributed by atoms with Gasteiger partial charge >= 0.3 is 4.87 Å². The fourth-order valence-electron chi connectivity index (χ4n) is 1.93. The van der Waals surface area contributed by atoms with E-state index in [0.717, 1.165) is 17.1 Å². The van der Waals surface area contributed by atoms with Crippen molar-refractivity contribution < 1.29 is 0 Å². The molecule has 0 fully saturated rings. The SMILES string of the molecule is Cc1csc(=O)n1Cc1ccn(-c2ccccc2)n1. The third kappa shape index (κ3) is 2.37. The highest BCUT2D eigenvalue weighted by Crippen LogP contribution is 2.09. The van der Waals surface area contributed by atoms with Gasteiger partial charge in [-0.25, -0.2) is 4.68 Å². The molecule has 0 saturated heterocycles. The van der Waals surface area contributed by atoms with E-state index in [1.54, 1.807) is 4.57 Å². The fraction of sp³-hybridized carbons (Fsp3) is 0.143. The fourth-order valence-corrected chi connectivity index (χ4v) is 2.66. The molecule has 0 amide bonds. The van der Waals surface area contributed by atoms with Gasteiger partial charge in [0.15, 0.2) is 0 Å². The molecule has 0 aliphatic carbocycles. The summed E-state index contributed by atoms with van der Waals surface area (Å²) in [5.41, 5.74) is 2.87. The Kier molecular flexibility index (Phi) is 3.05. The smallest absolute Gasteiger partial charge is 0.297 e. The molecule has 2 aromatic heterocycles. The van der Waals surface area contributed by atoms with E-state index >= 15 is 0 Å². The van der Waals surface area contributed by atoms with E-state index in [1.807, 2.05) is 59.6 Å². The van der Waals surface area contributed by atoms with Crippen LogP contribution >= 0.6 is 11.3 Å². The molecule has 96 valence electrons. The van der Waals surface area contributed by atoms with Crippen molar-refractivity contribution in [3.63, 3.8) is 0 Å². The first-order valence-electron chi connectivity index (χ1n) is 5.99. The van der Waals surface area contributed by atoms with E-state index in [-0.39, 0.29) is 4.87 Å². The van der Waals surface area contributed by atoms with Crippen LogP contribution in [0.1, 0.15) is 11.4 Å². The maximum absolute atomic E-state index is 11.7. The van der Waals surface area contributed by atoms with Crippen LogP contribution in [0, 0.1) is 6.92 Å². The van der Waals surface area contributed by atoms with Gasteiger partial charge in [-0.1, -0.05) is 29.5 Å². The molecule has 0 aliphatic heterocycles. The van der Waals surface area contributed by atoms with E-state index in [9.17, 15) is 4.79 Å². The molecular formula is C14H13N3OS. The van der Waals surface area contributed by atoms with Crippen LogP contribution in [0.4, 0.5) is 0 Å². The number of nitrogens with zero attached hydrogens (tertiary/aromatic N) is 3. The first-order chi connectivity index (χ1) is 9.24. The third-order valence-electron chi connectivity index (χ3n) is 2.96. The first-order valence-corrected chi connectivity index (χ1v) is 6.87. The topological polar surface area (TPSA) is 39.8 Å². The van der Waals surface area contributed by atoms with Crippen LogP contribution in [0.5, 0.6) is 0 Å². The average Bonchev–Trinajstić information content (AvgIpc) is 3.02. The Morgan fingerprint density at radius 1 is 1.21 bits per heavy atom. The summed E-state index contributed by atoms with van der Waals surface area (Å²) in [6.45, 7) is 2.46. The number of para-hydroxylation sites is 1. The molecule has 0 radical (unpaired) electrons. The third-order valence-corrected chi connectivity index (χ3v) is 3.84. The van der Waals surface area contributed by atoms with Crippen LogP contribution in [0.25, 0.3) is 5.69 Å². The summed E-state index contributed by atoms with van der Waals surface area (Å²) in [4.78, 5) is 11.7. The van der Waals surface area contributed by atoms with E-state index in [0.29, 0.717) is 6.54 Å². The lowest BCUT2D eigenvalue weighted by atomic mass is 10.3. The molecule has 0 bridgehead atoms. The second-order valence-electron chi connectivity index (χ2n) is 4.32. The molecule has 3 aromatic rings. The van der Waals surface area contributed by atoms with Gasteiger partial charge in [0, 0.05) is 17.3 Å². The molecule has 19 heavy (non-hydrogen) atoms. The normalized spacial score (nSPS) is 10.8. The van der Waals surface area contributed by atoms with Gasteiger partial charge in [0.25, 0.3) is 0 Å². The Bertz CT molecular complexity index is 739. The van der Waals surface area contributed by atoms with Crippen molar-refractivity contribution in [2.45, 2.75) is 13.5 Å². The lowest BCUT2D eigenvalue weighted by molar-refractivity contribution is 0.716. The van der Waals surface area contributed by atoms with Gasteiger partial charge in [0.2, 0.25) is 0 Å².